The van der Waals surface area contributed by atoms with Gasteiger partial charge >= 0.3 is 0 Å². The highest BCUT2D eigenvalue weighted by Crippen LogP contribution is 2.22. The van der Waals surface area contributed by atoms with Crippen LogP contribution in [-0.2, 0) is 14.2 Å². The third kappa shape index (κ3) is 7.39. The summed E-state index contributed by atoms with van der Waals surface area (Å²) >= 11 is 0. The van der Waals surface area contributed by atoms with Crippen molar-refractivity contribution in [2.45, 2.75) is 64.3 Å². The van der Waals surface area contributed by atoms with Gasteiger partial charge in [0, 0.05) is 27.8 Å². The topological polar surface area (TPSA) is 27.7 Å². The molecule has 0 atom stereocenters. The minimum atomic E-state index is -0.830. The Hall–Kier alpha value is -1.94. The molecule has 0 aliphatic carbocycles. The SMILES string of the molecule is CCCCCCCCCC(OC)(OC)OC.c1ccc2cc3ccccc3cc2c1. The maximum absolute atomic E-state index is 5.24. The second-order valence-electron chi connectivity index (χ2n) is 7.71. The molecule has 0 fully saturated rings. The minimum Gasteiger partial charge on any atom is -0.331 e. The summed E-state index contributed by atoms with van der Waals surface area (Å²) in [6.45, 7) is 2.24. The Kier molecular flexibility index (Phi) is 10.9. The predicted octanol–water partition coefficient (Wildman–Crippen LogP) is 7.71. The van der Waals surface area contributed by atoms with Gasteiger partial charge in [0.2, 0.25) is 0 Å². The monoisotopic (exact) mass is 410 g/mol. The molecular formula is C27H38O3. The largest absolute Gasteiger partial charge is 0.331 e. The number of unbranched alkanes of at least 4 members (excludes halogenated alkanes) is 6. The average molecular weight is 411 g/mol. The molecule has 3 rings (SSSR count). The zero-order valence-corrected chi connectivity index (χ0v) is 19.2. The maximum atomic E-state index is 5.24. The lowest BCUT2D eigenvalue weighted by Gasteiger charge is -2.28. The number of benzene rings is 3. The highest BCUT2D eigenvalue weighted by atomic mass is 16.9. The lowest BCUT2D eigenvalue weighted by Crippen LogP contribution is -2.35. The summed E-state index contributed by atoms with van der Waals surface area (Å²) in [4.78, 5) is 0. The molecule has 0 aromatic heterocycles. The van der Waals surface area contributed by atoms with Gasteiger partial charge in [0.25, 0.3) is 5.97 Å². The third-order valence-corrected chi connectivity index (χ3v) is 5.63. The van der Waals surface area contributed by atoms with Crippen molar-refractivity contribution >= 4 is 21.5 Å². The second kappa shape index (κ2) is 13.4. The van der Waals surface area contributed by atoms with Crippen LogP contribution in [0, 0.1) is 0 Å². The molecule has 0 heterocycles. The highest BCUT2D eigenvalue weighted by Gasteiger charge is 2.28. The van der Waals surface area contributed by atoms with E-state index in [1.807, 2.05) is 0 Å². The standard InChI is InChI=1S/C14H10.C13H28O3/c1-2-6-12-10-14-8-4-3-7-13(14)9-11(12)5-1;1-5-6-7-8-9-10-11-12-13(14-2,15-3)16-4/h1-10H;5-12H2,1-4H3. The van der Waals surface area contributed by atoms with E-state index in [9.17, 15) is 0 Å². The molecule has 0 unspecified atom stereocenters. The molecule has 3 nitrogen and oxygen atoms in total. The molecule has 3 heteroatoms. The Morgan fingerprint density at radius 3 is 1.30 bits per heavy atom. The molecule has 164 valence electrons. The maximum Gasteiger partial charge on any atom is 0.282 e. The van der Waals surface area contributed by atoms with E-state index in [2.05, 4.69) is 67.6 Å². The Morgan fingerprint density at radius 1 is 0.567 bits per heavy atom. The van der Waals surface area contributed by atoms with Gasteiger partial charge in [0.05, 0.1) is 0 Å². The minimum absolute atomic E-state index is 0.796. The fraction of sp³-hybridized carbons (Fsp3) is 0.481. The number of rotatable bonds is 11. The Morgan fingerprint density at radius 2 is 0.933 bits per heavy atom. The molecular weight excluding hydrogens is 372 g/mol. The van der Waals surface area contributed by atoms with E-state index < -0.39 is 5.97 Å². The number of hydrogen-bond donors (Lipinski definition) is 0. The zero-order chi connectivity index (χ0) is 21.7. The van der Waals surface area contributed by atoms with Crippen LogP contribution in [0.3, 0.4) is 0 Å². The Balaban J connectivity index is 0.000000214. The van der Waals surface area contributed by atoms with Crippen LogP contribution < -0.4 is 0 Å². The molecule has 0 N–H and O–H groups in total. The normalized spacial score (nSPS) is 11.5. The van der Waals surface area contributed by atoms with E-state index in [1.165, 1.54) is 60.1 Å². The molecule has 0 spiro atoms. The summed E-state index contributed by atoms with van der Waals surface area (Å²) in [6, 6.07) is 21.4. The van der Waals surface area contributed by atoms with Crippen molar-refractivity contribution in [2.24, 2.45) is 0 Å². The average Bonchev–Trinajstić information content (AvgIpc) is 2.80. The lowest BCUT2D eigenvalue weighted by atomic mass is 10.0. The molecule has 0 bridgehead atoms. The number of fused-ring (bicyclic) bond motifs is 2. The van der Waals surface area contributed by atoms with Crippen molar-refractivity contribution in [1.82, 2.24) is 0 Å². The van der Waals surface area contributed by atoms with Gasteiger partial charge in [-0.05, 0) is 40.1 Å². The first-order valence-corrected chi connectivity index (χ1v) is 11.2. The summed E-state index contributed by atoms with van der Waals surface area (Å²) in [7, 11) is 4.86. The summed E-state index contributed by atoms with van der Waals surface area (Å²) in [5, 5.41) is 5.25. The van der Waals surface area contributed by atoms with Crippen molar-refractivity contribution < 1.29 is 14.2 Å². The van der Waals surface area contributed by atoms with Crippen LogP contribution in [0.4, 0.5) is 0 Å². The van der Waals surface area contributed by atoms with Gasteiger partial charge in [-0.3, -0.25) is 0 Å². The number of ether oxygens (including phenoxy) is 3. The predicted molar refractivity (Wildman–Crippen MR) is 128 cm³/mol. The quantitative estimate of drug-likeness (QED) is 0.184. The van der Waals surface area contributed by atoms with E-state index in [1.54, 1.807) is 21.3 Å². The number of methoxy groups -OCH3 is 3. The van der Waals surface area contributed by atoms with Gasteiger partial charge in [-0.15, -0.1) is 0 Å². The molecule has 0 saturated carbocycles. The second-order valence-corrected chi connectivity index (χ2v) is 7.71. The first-order valence-electron chi connectivity index (χ1n) is 11.2. The lowest BCUT2D eigenvalue weighted by molar-refractivity contribution is -0.355. The van der Waals surface area contributed by atoms with E-state index in [-0.39, 0.29) is 0 Å². The van der Waals surface area contributed by atoms with Crippen LogP contribution in [0.1, 0.15) is 58.3 Å². The highest BCUT2D eigenvalue weighted by molar-refractivity contribution is 5.98. The summed E-state index contributed by atoms with van der Waals surface area (Å²) in [6.07, 6.45) is 9.77. The van der Waals surface area contributed by atoms with Gasteiger partial charge < -0.3 is 14.2 Å². The molecule has 0 amide bonds. The summed E-state index contributed by atoms with van der Waals surface area (Å²) in [5.74, 6) is -0.830. The van der Waals surface area contributed by atoms with Gasteiger partial charge in [0.1, 0.15) is 0 Å². The van der Waals surface area contributed by atoms with Crippen molar-refractivity contribution in [3.63, 3.8) is 0 Å². The van der Waals surface area contributed by atoms with Gasteiger partial charge in [-0.25, -0.2) is 0 Å². The summed E-state index contributed by atoms with van der Waals surface area (Å²) < 4.78 is 15.7. The van der Waals surface area contributed by atoms with Crippen LogP contribution >= 0.6 is 0 Å². The van der Waals surface area contributed by atoms with E-state index in [0.29, 0.717) is 0 Å². The van der Waals surface area contributed by atoms with E-state index >= 15 is 0 Å². The number of hydrogen-bond acceptors (Lipinski definition) is 3. The fourth-order valence-electron chi connectivity index (χ4n) is 3.74. The van der Waals surface area contributed by atoms with Crippen molar-refractivity contribution in [3.8, 4) is 0 Å². The van der Waals surface area contributed by atoms with Crippen LogP contribution in [0.25, 0.3) is 21.5 Å². The van der Waals surface area contributed by atoms with Crippen molar-refractivity contribution in [3.05, 3.63) is 60.7 Å². The fourth-order valence-corrected chi connectivity index (χ4v) is 3.74. The van der Waals surface area contributed by atoms with Crippen LogP contribution in [0.5, 0.6) is 0 Å². The first-order chi connectivity index (χ1) is 14.7. The molecule has 0 saturated heterocycles. The molecule has 3 aromatic carbocycles. The molecule has 0 aliphatic heterocycles. The van der Waals surface area contributed by atoms with Gasteiger partial charge in [-0.2, -0.15) is 0 Å². The summed E-state index contributed by atoms with van der Waals surface area (Å²) in [5.41, 5.74) is 0. The third-order valence-electron chi connectivity index (χ3n) is 5.63. The van der Waals surface area contributed by atoms with E-state index in [0.717, 1.165) is 12.8 Å². The first kappa shape index (κ1) is 24.3. The van der Waals surface area contributed by atoms with Crippen LogP contribution in [0.15, 0.2) is 60.7 Å². The zero-order valence-electron chi connectivity index (χ0n) is 19.2. The van der Waals surface area contributed by atoms with Crippen LogP contribution in [-0.4, -0.2) is 27.3 Å². The Bertz CT molecular complexity index is 741. The van der Waals surface area contributed by atoms with E-state index in [4.69, 9.17) is 14.2 Å². The van der Waals surface area contributed by atoms with Crippen LogP contribution in [0.2, 0.25) is 0 Å². The molecule has 0 radical (unpaired) electrons. The Labute approximate surface area is 182 Å². The van der Waals surface area contributed by atoms with Crippen molar-refractivity contribution in [2.75, 3.05) is 21.3 Å². The molecule has 30 heavy (non-hydrogen) atoms. The van der Waals surface area contributed by atoms with Gasteiger partial charge in [-0.1, -0.05) is 94.0 Å². The molecule has 0 aliphatic rings. The molecule has 3 aromatic rings. The smallest absolute Gasteiger partial charge is 0.282 e. The van der Waals surface area contributed by atoms with Crippen molar-refractivity contribution in [1.29, 1.82) is 0 Å². The van der Waals surface area contributed by atoms with Gasteiger partial charge in [0.15, 0.2) is 0 Å².